The number of carbonyl (C=O) groups excluding carboxylic acids is 1. The molecule has 2 saturated carbocycles. The summed E-state index contributed by atoms with van der Waals surface area (Å²) in [4.78, 5) is 11.8. The van der Waals surface area contributed by atoms with E-state index in [1.54, 1.807) is 0 Å². The molecule has 0 spiro atoms. The Morgan fingerprint density at radius 3 is 2.63 bits per heavy atom. The summed E-state index contributed by atoms with van der Waals surface area (Å²) in [6.07, 6.45) is 6.55. The number of hydrogen-bond acceptors (Lipinski definition) is 4. The van der Waals surface area contributed by atoms with E-state index in [4.69, 9.17) is 5.73 Å². The molecule has 6 heteroatoms. The van der Waals surface area contributed by atoms with Crippen LogP contribution in [0.2, 0.25) is 0 Å². The Balaban J connectivity index is 1.69. The van der Waals surface area contributed by atoms with Crippen LogP contribution >= 0.6 is 0 Å². The van der Waals surface area contributed by atoms with Crippen molar-refractivity contribution < 1.29 is 13.2 Å². The zero-order chi connectivity index (χ0) is 14.0. The van der Waals surface area contributed by atoms with Crippen molar-refractivity contribution in [2.45, 2.75) is 38.1 Å². The second-order valence-corrected chi connectivity index (χ2v) is 8.46. The molecule has 0 aromatic heterocycles. The molecule has 110 valence electrons. The summed E-state index contributed by atoms with van der Waals surface area (Å²) < 4.78 is 22.0. The smallest absolute Gasteiger partial charge is 0.236 e. The molecule has 5 nitrogen and oxygen atoms in total. The molecule has 1 amide bonds. The average molecular weight is 288 g/mol. The number of carbonyl (C=O) groups is 1. The average Bonchev–Trinajstić information content (AvgIpc) is 2.93. The van der Waals surface area contributed by atoms with Gasteiger partial charge in [-0.3, -0.25) is 4.79 Å². The largest absolute Gasteiger partial charge is 0.354 e. The van der Waals surface area contributed by atoms with E-state index in [0.717, 1.165) is 18.1 Å². The Morgan fingerprint density at radius 1 is 1.37 bits per heavy atom. The highest BCUT2D eigenvalue weighted by Crippen LogP contribution is 2.47. The topological polar surface area (TPSA) is 89.3 Å². The second kappa shape index (κ2) is 5.79. The minimum atomic E-state index is -3.05. The molecule has 0 aromatic carbocycles. The molecular formula is C13H24N2O3S. The molecule has 2 rings (SSSR count). The lowest BCUT2D eigenvalue weighted by Crippen LogP contribution is -2.43. The number of amides is 1. The predicted octanol–water partition coefficient (Wildman–Crippen LogP) is 0.301. The van der Waals surface area contributed by atoms with Crippen LogP contribution in [-0.4, -0.2) is 38.9 Å². The highest BCUT2D eigenvalue weighted by atomic mass is 32.2. The maximum atomic E-state index is 11.8. The molecule has 0 radical (unpaired) electrons. The van der Waals surface area contributed by atoms with Gasteiger partial charge < -0.3 is 11.1 Å². The normalized spacial score (nSPS) is 31.4. The highest BCUT2D eigenvalue weighted by molar-refractivity contribution is 7.90. The van der Waals surface area contributed by atoms with E-state index in [1.807, 2.05) is 0 Å². The molecule has 0 aliphatic heterocycles. The first-order chi connectivity index (χ1) is 8.85. The summed E-state index contributed by atoms with van der Waals surface area (Å²) in [6.45, 7) is 0.701. The van der Waals surface area contributed by atoms with Crippen molar-refractivity contribution >= 4 is 15.7 Å². The Morgan fingerprint density at radius 2 is 2.11 bits per heavy atom. The number of hydrogen-bond donors (Lipinski definition) is 2. The van der Waals surface area contributed by atoms with Crippen molar-refractivity contribution in [1.29, 1.82) is 0 Å². The fourth-order valence-electron chi connectivity index (χ4n) is 3.46. The zero-order valence-corrected chi connectivity index (χ0v) is 12.3. The van der Waals surface area contributed by atoms with Gasteiger partial charge in [0, 0.05) is 12.8 Å². The molecule has 2 aliphatic carbocycles. The molecule has 0 aromatic rings. The van der Waals surface area contributed by atoms with E-state index in [-0.39, 0.29) is 18.1 Å². The lowest BCUT2D eigenvalue weighted by atomic mass is 9.89. The fraction of sp³-hybridized carbons (Fsp3) is 0.923. The molecule has 3 N–H and O–H groups in total. The molecule has 4 unspecified atom stereocenters. The minimum Gasteiger partial charge on any atom is -0.354 e. The SMILES string of the molecule is CS(=O)(=O)CCC(N)C(=O)NCC1CC2CCC1C2. The standard InChI is InChI=1S/C13H24N2O3S/c1-19(17,18)5-4-12(14)13(16)15-8-11-7-9-2-3-10(11)6-9/h9-12H,2-8,14H2,1H3,(H,15,16). The van der Waals surface area contributed by atoms with Gasteiger partial charge in [-0.05, 0) is 43.4 Å². The van der Waals surface area contributed by atoms with Crippen LogP contribution in [0.4, 0.5) is 0 Å². The number of fused-ring (bicyclic) bond motifs is 2. The Kier molecular flexibility index (Phi) is 4.50. The van der Waals surface area contributed by atoms with Gasteiger partial charge in [-0.2, -0.15) is 0 Å². The monoisotopic (exact) mass is 288 g/mol. The summed E-state index contributed by atoms with van der Waals surface area (Å²) >= 11 is 0. The molecule has 0 saturated heterocycles. The number of rotatable bonds is 6. The maximum Gasteiger partial charge on any atom is 0.236 e. The molecule has 4 atom stereocenters. The van der Waals surface area contributed by atoms with E-state index in [1.165, 1.54) is 25.7 Å². The van der Waals surface area contributed by atoms with Gasteiger partial charge in [-0.15, -0.1) is 0 Å². The molecular weight excluding hydrogens is 264 g/mol. The van der Waals surface area contributed by atoms with Gasteiger partial charge in [0.05, 0.1) is 11.8 Å². The summed E-state index contributed by atoms with van der Waals surface area (Å²) in [5.41, 5.74) is 5.71. The van der Waals surface area contributed by atoms with Crippen molar-refractivity contribution in [2.75, 3.05) is 18.6 Å². The van der Waals surface area contributed by atoms with E-state index < -0.39 is 15.9 Å². The first-order valence-corrected chi connectivity index (χ1v) is 9.12. The van der Waals surface area contributed by atoms with Crippen LogP contribution in [0.1, 0.15) is 32.1 Å². The summed E-state index contributed by atoms with van der Waals surface area (Å²) in [6, 6.07) is -0.715. The first kappa shape index (κ1) is 14.8. The second-order valence-electron chi connectivity index (χ2n) is 6.21. The van der Waals surface area contributed by atoms with Gasteiger partial charge in [-0.25, -0.2) is 8.42 Å². The first-order valence-electron chi connectivity index (χ1n) is 7.06. The van der Waals surface area contributed by atoms with Gasteiger partial charge in [0.2, 0.25) is 5.91 Å². The molecule has 2 fully saturated rings. The van der Waals surface area contributed by atoms with Crippen molar-refractivity contribution in [2.24, 2.45) is 23.5 Å². The summed E-state index contributed by atoms with van der Waals surface area (Å²) in [5, 5.41) is 2.89. The third kappa shape index (κ3) is 4.18. The van der Waals surface area contributed by atoms with E-state index in [9.17, 15) is 13.2 Å². The summed E-state index contributed by atoms with van der Waals surface area (Å²) in [5.74, 6) is 2.00. The van der Waals surface area contributed by atoms with E-state index in [0.29, 0.717) is 12.5 Å². The quantitative estimate of drug-likeness (QED) is 0.735. The molecule has 19 heavy (non-hydrogen) atoms. The van der Waals surface area contributed by atoms with Crippen LogP contribution < -0.4 is 11.1 Å². The van der Waals surface area contributed by atoms with Gasteiger partial charge >= 0.3 is 0 Å². The van der Waals surface area contributed by atoms with Crippen molar-refractivity contribution in [3.63, 3.8) is 0 Å². The van der Waals surface area contributed by atoms with Crippen LogP contribution in [0.25, 0.3) is 0 Å². The van der Waals surface area contributed by atoms with E-state index >= 15 is 0 Å². The lowest BCUT2D eigenvalue weighted by Gasteiger charge is -2.22. The van der Waals surface area contributed by atoms with Gasteiger partial charge in [-0.1, -0.05) is 6.42 Å². The number of nitrogens with two attached hydrogens (primary N) is 1. The van der Waals surface area contributed by atoms with Crippen molar-refractivity contribution in [3.05, 3.63) is 0 Å². The molecule has 2 aliphatic rings. The van der Waals surface area contributed by atoms with Crippen LogP contribution in [0.15, 0.2) is 0 Å². The maximum absolute atomic E-state index is 11.8. The molecule has 0 heterocycles. The Labute approximate surface area is 115 Å². The van der Waals surface area contributed by atoms with Crippen LogP contribution in [0.5, 0.6) is 0 Å². The Hall–Kier alpha value is -0.620. The number of nitrogens with one attached hydrogen (secondary N) is 1. The highest BCUT2D eigenvalue weighted by Gasteiger charge is 2.39. The third-order valence-corrected chi connectivity index (χ3v) is 5.54. The van der Waals surface area contributed by atoms with Crippen molar-refractivity contribution in [3.8, 4) is 0 Å². The number of sulfone groups is 1. The lowest BCUT2D eigenvalue weighted by molar-refractivity contribution is -0.122. The van der Waals surface area contributed by atoms with Crippen LogP contribution in [0, 0.1) is 17.8 Å². The van der Waals surface area contributed by atoms with Crippen LogP contribution in [0.3, 0.4) is 0 Å². The van der Waals surface area contributed by atoms with Crippen molar-refractivity contribution in [1.82, 2.24) is 5.32 Å². The third-order valence-electron chi connectivity index (χ3n) is 4.56. The minimum absolute atomic E-state index is 0.0320. The van der Waals surface area contributed by atoms with Gasteiger partial charge in [0.25, 0.3) is 0 Å². The predicted molar refractivity (Wildman–Crippen MR) is 74.3 cm³/mol. The fourth-order valence-corrected chi connectivity index (χ4v) is 4.14. The molecule has 2 bridgehead atoms. The summed E-state index contributed by atoms with van der Waals surface area (Å²) in [7, 11) is -3.05. The van der Waals surface area contributed by atoms with Gasteiger partial charge in [0.15, 0.2) is 0 Å². The Bertz CT molecular complexity index is 435. The van der Waals surface area contributed by atoms with Gasteiger partial charge in [0.1, 0.15) is 9.84 Å². The zero-order valence-electron chi connectivity index (χ0n) is 11.5. The van der Waals surface area contributed by atoms with E-state index in [2.05, 4.69) is 5.32 Å². The van der Waals surface area contributed by atoms with Crippen LogP contribution in [-0.2, 0) is 14.6 Å².